The van der Waals surface area contributed by atoms with Gasteiger partial charge in [-0.1, -0.05) is 57.2 Å². The van der Waals surface area contributed by atoms with Gasteiger partial charge in [-0.25, -0.2) is 4.79 Å². The van der Waals surface area contributed by atoms with E-state index in [9.17, 15) is 24.0 Å². The Morgan fingerprint density at radius 3 is 1.47 bits per heavy atom. The summed E-state index contributed by atoms with van der Waals surface area (Å²) >= 11 is 0. The fourth-order valence-corrected chi connectivity index (χ4v) is 8.08. The first-order chi connectivity index (χ1) is 20.3. The molecule has 4 aliphatic rings. The Balaban J connectivity index is 1.38. The molecular formula is C33H35N3O6Si. The first kappa shape index (κ1) is 29.1. The summed E-state index contributed by atoms with van der Waals surface area (Å²) in [5, 5.41) is -0.0940. The maximum absolute atomic E-state index is 13.4. The summed E-state index contributed by atoms with van der Waals surface area (Å²) in [5.74, 6) is -3.06. The van der Waals surface area contributed by atoms with Crippen LogP contribution in [-0.4, -0.2) is 73.1 Å². The van der Waals surface area contributed by atoms with Gasteiger partial charge in [0.05, 0.1) is 28.9 Å². The van der Waals surface area contributed by atoms with Crippen molar-refractivity contribution in [3.05, 3.63) is 82.9 Å². The largest absolute Gasteiger partial charge is 0.414 e. The molecule has 4 amide bonds. The van der Waals surface area contributed by atoms with Crippen LogP contribution < -0.4 is 0 Å². The lowest BCUT2D eigenvalue weighted by Gasteiger charge is -2.40. The van der Waals surface area contributed by atoms with Gasteiger partial charge in [-0.05, 0) is 54.2 Å². The van der Waals surface area contributed by atoms with Gasteiger partial charge in [0.2, 0.25) is 6.08 Å². The summed E-state index contributed by atoms with van der Waals surface area (Å²) in [4.78, 5) is 72.6. The molecule has 2 aromatic carbocycles. The van der Waals surface area contributed by atoms with E-state index in [-0.39, 0.29) is 72.0 Å². The van der Waals surface area contributed by atoms with Crippen molar-refractivity contribution in [1.82, 2.24) is 9.80 Å². The minimum Gasteiger partial charge on any atom is -0.414 e. The molecule has 6 rings (SSSR count). The van der Waals surface area contributed by atoms with E-state index in [4.69, 9.17) is 4.43 Å². The topological polar surface area (TPSA) is 113 Å². The molecule has 5 atom stereocenters. The van der Waals surface area contributed by atoms with Gasteiger partial charge in [-0.3, -0.25) is 29.0 Å². The smallest absolute Gasteiger partial charge is 0.261 e. The fraction of sp³-hybridized carbons (Fsp3) is 0.424. The van der Waals surface area contributed by atoms with E-state index in [0.29, 0.717) is 22.3 Å². The maximum atomic E-state index is 13.4. The summed E-state index contributed by atoms with van der Waals surface area (Å²) in [5.41, 5.74) is 0.357. The minimum atomic E-state index is -2.28. The Hall–Kier alpha value is -3.98. The molecular weight excluding hydrogens is 562 g/mol. The minimum absolute atomic E-state index is 0.0574. The third kappa shape index (κ3) is 4.31. The van der Waals surface area contributed by atoms with Crippen molar-refractivity contribution in [2.45, 2.75) is 44.4 Å². The van der Waals surface area contributed by atoms with E-state index >= 15 is 0 Å². The quantitative estimate of drug-likeness (QED) is 0.143. The fourth-order valence-electron chi connectivity index (χ4n) is 7.06. The number of isocyanates is 1. The molecule has 10 heteroatoms. The zero-order chi connectivity index (χ0) is 30.9. The molecule has 2 aliphatic carbocycles. The molecule has 43 heavy (non-hydrogen) atoms. The number of hydrogen-bond donors (Lipinski definition) is 0. The molecule has 2 heterocycles. The SMILES string of the molecule is CC(C)(C)[Si](C)(C)OCC1(N=C=O)[C@@H]2C=C[C@H]1[C@H](CN1C(=O)c3ccccc3C1=O)[C@H]2CN1C(=O)c2ccccc2C1=O. The van der Waals surface area contributed by atoms with Gasteiger partial charge in [0.1, 0.15) is 5.54 Å². The second-order valence-electron chi connectivity index (χ2n) is 13.5. The van der Waals surface area contributed by atoms with Crippen LogP contribution in [0.5, 0.6) is 0 Å². The number of nitrogens with zero attached hydrogens (tertiary/aromatic N) is 3. The van der Waals surface area contributed by atoms with Crippen LogP contribution in [0.4, 0.5) is 0 Å². The number of carbonyl (C=O) groups excluding carboxylic acids is 5. The second kappa shape index (κ2) is 10.0. The standard InChI is InChI=1S/C33H35N3O6Si/c1-32(2,3)43(4,5)42-18-33(34-19-37)26-14-15-27(33)25(17-36-30(40)22-12-8-9-13-23(22)31(36)41)24(26)16-35-28(38)20-10-6-7-11-21(20)29(35)39/h6-15,24-27H,16-18H2,1-5H3/t24-,25-,26-,27+,33?/m1/s1. The van der Waals surface area contributed by atoms with Crippen LogP contribution in [0.25, 0.3) is 0 Å². The van der Waals surface area contributed by atoms with Gasteiger partial charge in [-0.15, -0.1) is 0 Å². The lowest BCUT2D eigenvalue weighted by atomic mass is 9.82. The van der Waals surface area contributed by atoms with Gasteiger partial charge in [0.15, 0.2) is 8.32 Å². The van der Waals surface area contributed by atoms with E-state index in [1.165, 1.54) is 9.80 Å². The monoisotopic (exact) mass is 597 g/mol. The van der Waals surface area contributed by atoms with Crippen LogP contribution in [0.1, 0.15) is 62.2 Å². The number of rotatable bonds is 8. The van der Waals surface area contributed by atoms with E-state index in [1.54, 1.807) is 54.6 Å². The van der Waals surface area contributed by atoms with Crippen molar-refractivity contribution >= 4 is 38.0 Å². The number of imide groups is 2. The Bertz CT molecular complexity index is 1470. The highest BCUT2D eigenvalue weighted by molar-refractivity contribution is 6.74. The van der Waals surface area contributed by atoms with Crippen LogP contribution in [-0.2, 0) is 9.22 Å². The first-order valence-electron chi connectivity index (χ1n) is 14.6. The molecule has 1 saturated carbocycles. The average Bonchev–Trinajstić information content (AvgIpc) is 3.60. The Labute approximate surface area is 251 Å². The zero-order valence-electron chi connectivity index (χ0n) is 25.0. The zero-order valence-corrected chi connectivity index (χ0v) is 26.0. The number of hydrogen-bond acceptors (Lipinski definition) is 7. The molecule has 1 unspecified atom stereocenters. The van der Waals surface area contributed by atoms with Crippen LogP contribution in [0, 0.1) is 23.7 Å². The van der Waals surface area contributed by atoms with Gasteiger partial charge in [-0.2, -0.15) is 4.99 Å². The number of carbonyl (C=O) groups is 4. The highest BCUT2D eigenvalue weighted by atomic mass is 28.4. The second-order valence-corrected chi connectivity index (χ2v) is 18.3. The number of aliphatic imine (C=N–C) groups is 1. The van der Waals surface area contributed by atoms with Crippen LogP contribution >= 0.6 is 0 Å². The highest BCUT2D eigenvalue weighted by Gasteiger charge is 2.64. The highest BCUT2D eigenvalue weighted by Crippen LogP contribution is 2.58. The predicted octanol–water partition coefficient (Wildman–Crippen LogP) is 4.72. The lowest BCUT2D eigenvalue weighted by Crippen LogP contribution is -2.48. The Morgan fingerprint density at radius 2 is 1.14 bits per heavy atom. The molecule has 1 fully saturated rings. The molecule has 9 nitrogen and oxygen atoms in total. The van der Waals surface area contributed by atoms with Crippen molar-refractivity contribution in [1.29, 1.82) is 0 Å². The van der Waals surface area contributed by atoms with E-state index < -0.39 is 13.9 Å². The van der Waals surface area contributed by atoms with Gasteiger partial charge in [0.25, 0.3) is 23.6 Å². The summed E-state index contributed by atoms with van der Waals surface area (Å²) in [6.45, 7) is 10.9. The summed E-state index contributed by atoms with van der Waals surface area (Å²) < 4.78 is 6.67. The van der Waals surface area contributed by atoms with Crippen LogP contribution in [0.2, 0.25) is 18.1 Å². The van der Waals surface area contributed by atoms with E-state index in [1.807, 2.05) is 12.2 Å². The molecule has 0 radical (unpaired) electrons. The van der Waals surface area contributed by atoms with Crippen molar-refractivity contribution in [2.24, 2.45) is 28.7 Å². The van der Waals surface area contributed by atoms with Gasteiger partial charge >= 0.3 is 0 Å². The Morgan fingerprint density at radius 1 is 0.767 bits per heavy atom. The number of amides is 4. The van der Waals surface area contributed by atoms with Crippen molar-refractivity contribution in [2.75, 3.05) is 19.7 Å². The van der Waals surface area contributed by atoms with E-state index in [0.717, 1.165) is 0 Å². The Kier molecular flexibility index (Phi) is 6.80. The van der Waals surface area contributed by atoms with Gasteiger partial charge in [0, 0.05) is 24.9 Å². The maximum Gasteiger partial charge on any atom is 0.261 e. The molecule has 2 aliphatic heterocycles. The van der Waals surface area contributed by atoms with Crippen molar-refractivity contribution in [3.63, 3.8) is 0 Å². The molecule has 0 spiro atoms. The normalized spacial score (nSPS) is 27.7. The number of benzene rings is 2. The molecule has 2 bridgehead atoms. The summed E-state index contributed by atoms with van der Waals surface area (Å²) in [6.07, 6.45) is 5.77. The van der Waals surface area contributed by atoms with E-state index in [2.05, 4.69) is 38.9 Å². The summed E-state index contributed by atoms with van der Waals surface area (Å²) in [7, 11) is -2.28. The van der Waals surface area contributed by atoms with Gasteiger partial charge < -0.3 is 4.43 Å². The molecule has 0 N–H and O–H groups in total. The van der Waals surface area contributed by atoms with Crippen LogP contribution in [0.3, 0.4) is 0 Å². The molecule has 222 valence electrons. The molecule has 0 saturated heterocycles. The van der Waals surface area contributed by atoms with Crippen LogP contribution in [0.15, 0.2) is 65.7 Å². The first-order valence-corrected chi connectivity index (χ1v) is 17.5. The molecule has 0 aromatic heterocycles. The predicted molar refractivity (Wildman–Crippen MR) is 161 cm³/mol. The third-order valence-corrected chi connectivity index (χ3v) is 14.9. The number of fused-ring (bicyclic) bond motifs is 4. The third-order valence-electron chi connectivity index (χ3n) is 10.4. The lowest BCUT2D eigenvalue weighted by molar-refractivity contribution is 0.0528. The summed E-state index contributed by atoms with van der Waals surface area (Å²) in [6, 6.07) is 13.5. The van der Waals surface area contributed by atoms with Crippen molar-refractivity contribution < 1.29 is 28.4 Å². The average molecular weight is 598 g/mol. The van der Waals surface area contributed by atoms with Crippen molar-refractivity contribution in [3.8, 4) is 0 Å². The molecule has 2 aromatic rings.